The number of aliphatic hydroxyl groups is 1. The van der Waals surface area contributed by atoms with E-state index in [1.807, 2.05) is 0 Å². The number of hydrogen-bond acceptors (Lipinski definition) is 9. The lowest BCUT2D eigenvalue weighted by Crippen LogP contribution is -2.67. The number of benzene rings is 2. The molecule has 11 heteroatoms. The van der Waals surface area contributed by atoms with Crippen molar-refractivity contribution in [3.8, 4) is 0 Å². The maximum Gasteiger partial charge on any atom is 0.338 e. The first-order chi connectivity index (χ1) is 19.3. The molecule has 0 aromatic heterocycles. The third kappa shape index (κ3) is 8.70. The lowest BCUT2D eigenvalue weighted by molar-refractivity contribution is -0.269. The normalized spacial score (nSPS) is 23.0. The molecule has 0 aliphatic carbocycles. The Morgan fingerprint density at radius 2 is 1.41 bits per heavy atom. The summed E-state index contributed by atoms with van der Waals surface area (Å²) in [5, 5.41) is 12.1. The highest BCUT2D eigenvalue weighted by molar-refractivity contribution is 6.74. The van der Waals surface area contributed by atoms with Gasteiger partial charge in [-0.2, -0.15) is 0 Å². The molecule has 1 saturated heterocycles. The summed E-state index contributed by atoms with van der Waals surface area (Å²) in [5.41, 5.74) is 0.565. The van der Waals surface area contributed by atoms with E-state index >= 15 is 0 Å². The van der Waals surface area contributed by atoms with Gasteiger partial charge < -0.3 is 33.8 Å². The van der Waals surface area contributed by atoms with Gasteiger partial charge in [0.15, 0.2) is 26.8 Å². The minimum absolute atomic E-state index is 0.00833. The molecule has 41 heavy (non-hydrogen) atoms. The number of hydrogen-bond donors (Lipinski definition) is 2. The number of carbonyl (C=O) groups excluding carboxylic acids is 3. The molecular formula is C30H41NO9Si. The van der Waals surface area contributed by atoms with Crippen molar-refractivity contribution in [2.75, 3.05) is 19.8 Å². The quantitative estimate of drug-likeness (QED) is 0.299. The van der Waals surface area contributed by atoms with Crippen LogP contribution >= 0.6 is 0 Å². The molecule has 0 radical (unpaired) electrons. The van der Waals surface area contributed by atoms with Crippen molar-refractivity contribution in [2.24, 2.45) is 0 Å². The summed E-state index contributed by atoms with van der Waals surface area (Å²) in [6.07, 6.45) is -4.46. The third-order valence-corrected chi connectivity index (χ3v) is 11.8. The Bertz CT molecular complexity index is 1150. The van der Waals surface area contributed by atoms with Gasteiger partial charge in [0.1, 0.15) is 12.1 Å². The van der Waals surface area contributed by atoms with Crippen molar-refractivity contribution in [1.82, 2.24) is 5.32 Å². The van der Waals surface area contributed by atoms with Crippen LogP contribution in [-0.2, 0) is 28.2 Å². The molecule has 1 aliphatic heterocycles. The van der Waals surface area contributed by atoms with E-state index in [1.165, 1.54) is 6.92 Å². The second-order valence-electron chi connectivity index (χ2n) is 11.4. The van der Waals surface area contributed by atoms with Crippen LogP contribution in [0.2, 0.25) is 18.1 Å². The molecule has 2 N–H and O–H groups in total. The molecule has 2 aromatic rings. The molecule has 0 spiro atoms. The maximum atomic E-state index is 13.3. The fraction of sp³-hybridized carbons (Fsp3) is 0.500. The van der Waals surface area contributed by atoms with Crippen LogP contribution in [0.5, 0.6) is 0 Å². The van der Waals surface area contributed by atoms with Gasteiger partial charge in [-0.25, -0.2) is 9.59 Å². The van der Waals surface area contributed by atoms with Gasteiger partial charge in [-0.05, 0) is 42.4 Å². The lowest BCUT2D eigenvalue weighted by atomic mass is 9.95. The van der Waals surface area contributed by atoms with Gasteiger partial charge in [-0.3, -0.25) is 4.79 Å². The van der Waals surface area contributed by atoms with Crippen LogP contribution in [0.4, 0.5) is 0 Å². The molecule has 1 aliphatic rings. The smallest absolute Gasteiger partial charge is 0.338 e. The van der Waals surface area contributed by atoms with E-state index in [4.69, 9.17) is 23.4 Å². The summed E-state index contributed by atoms with van der Waals surface area (Å²) < 4.78 is 30.4. The number of rotatable bonds is 11. The van der Waals surface area contributed by atoms with Gasteiger partial charge in [0, 0.05) is 6.92 Å². The molecule has 1 amide bonds. The first kappa shape index (κ1) is 32.4. The molecule has 0 saturated carbocycles. The van der Waals surface area contributed by atoms with Crippen LogP contribution in [0, 0.1) is 0 Å². The summed E-state index contributed by atoms with van der Waals surface area (Å²) in [4.78, 5) is 38.9. The minimum Gasteiger partial charge on any atom is -0.452 e. The van der Waals surface area contributed by atoms with Crippen molar-refractivity contribution in [2.45, 2.75) is 76.5 Å². The van der Waals surface area contributed by atoms with Crippen molar-refractivity contribution in [3.63, 3.8) is 0 Å². The number of amides is 1. The van der Waals surface area contributed by atoms with Gasteiger partial charge >= 0.3 is 11.9 Å². The summed E-state index contributed by atoms with van der Waals surface area (Å²) in [6.45, 7) is 11.3. The van der Waals surface area contributed by atoms with E-state index in [2.05, 4.69) is 39.2 Å². The lowest BCUT2D eigenvalue weighted by Gasteiger charge is -2.46. The Morgan fingerprint density at radius 3 is 1.88 bits per heavy atom. The average molecular weight is 588 g/mol. The highest BCUT2D eigenvalue weighted by atomic mass is 28.4. The van der Waals surface area contributed by atoms with Gasteiger partial charge in [0.2, 0.25) is 5.91 Å². The van der Waals surface area contributed by atoms with Crippen molar-refractivity contribution in [1.29, 1.82) is 0 Å². The Kier molecular flexibility index (Phi) is 11.2. The molecule has 0 bridgehead atoms. The molecule has 1 fully saturated rings. The van der Waals surface area contributed by atoms with E-state index in [-0.39, 0.29) is 30.4 Å². The SMILES string of the molecule is CC(=O)NC1C(OCCO)OC(CO[Si](C)(C)C(C)(C)C)C(OC(=O)c2ccccc2)C1OC(=O)c1ccccc1. The fourth-order valence-electron chi connectivity index (χ4n) is 4.06. The predicted octanol–water partition coefficient (Wildman–Crippen LogP) is 3.70. The predicted molar refractivity (Wildman–Crippen MR) is 154 cm³/mol. The van der Waals surface area contributed by atoms with Crippen LogP contribution in [-0.4, -0.2) is 81.7 Å². The van der Waals surface area contributed by atoms with Crippen molar-refractivity contribution < 1.29 is 42.9 Å². The average Bonchev–Trinajstić information content (AvgIpc) is 2.93. The third-order valence-electron chi connectivity index (χ3n) is 7.31. The van der Waals surface area contributed by atoms with E-state index in [9.17, 15) is 19.5 Å². The molecule has 1 heterocycles. The molecule has 5 unspecified atom stereocenters. The highest BCUT2D eigenvalue weighted by Crippen LogP contribution is 2.37. The van der Waals surface area contributed by atoms with Crippen LogP contribution < -0.4 is 5.32 Å². The van der Waals surface area contributed by atoms with E-state index in [1.54, 1.807) is 60.7 Å². The van der Waals surface area contributed by atoms with Crippen molar-refractivity contribution in [3.05, 3.63) is 71.8 Å². The van der Waals surface area contributed by atoms with Crippen LogP contribution in [0.3, 0.4) is 0 Å². The van der Waals surface area contributed by atoms with Crippen molar-refractivity contribution >= 4 is 26.2 Å². The second kappa shape index (κ2) is 14.2. The molecule has 3 rings (SSSR count). The Balaban J connectivity index is 2.05. The molecule has 5 atom stereocenters. The van der Waals surface area contributed by atoms with E-state index in [0.29, 0.717) is 5.56 Å². The monoisotopic (exact) mass is 587 g/mol. The Hall–Kier alpha value is -3.09. The number of aliphatic hydroxyl groups excluding tert-OH is 1. The number of nitrogens with one attached hydrogen (secondary N) is 1. The van der Waals surface area contributed by atoms with Gasteiger partial charge in [-0.15, -0.1) is 0 Å². The van der Waals surface area contributed by atoms with E-state index in [0.717, 1.165) is 0 Å². The summed E-state index contributed by atoms with van der Waals surface area (Å²) in [5.74, 6) is -1.78. The van der Waals surface area contributed by atoms with Crippen LogP contribution in [0.25, 0.3) is 0 Å². The molecule has 224 valence electrons. The van der Waals surface area contributed by atoms with Gasteiger partial charge in [0.25, 0.3) is 0 Å². The Labute approximate surface area is 242 Å². The first-order valence-electron chi connectivity index (χ1n) is 13.6. The molecular weight excluding hydrogens is 546 g/mol. The fourth-order valence-corrected chi connectivity index (χ4v) is 5.07. The number of carbonyl (C=O) groups is 3. The largest absolute Gasteiger partial charge is 0.452 e. The summed E-state index contributed by atoms with van der Waals surface area (Å²) in [7, 11) is -2.30. The molecule has 10 nitrogen and oxygen atoms in total. The van der Waals surface area contributed by atoms with E-state index < -0.39 is 56.8 Å². The zero-order chi connectivity index (χ0) is 30.2. The van der Waals surface area contributed by atoms with Crippen LogP contribution in [0.1, 0.15) is 48.4 Å². The number of ether oxygens (including phenoxy) is 4. The summed E-state index contributed by atoms with van der Waals surface area (Å²) in [6, 6.07) is 15.7. The van der Waals surface area contributed by atoms with Crippen LogP contribution in [0.15, 0.2) is 60.7 Å². The van der Waals surface area contributed by atoms with Gasteiger partial charge in [-0.1, -0.05) is 57.2 Å². The minimum atomic E-state index is -2.30. The molecule has 2 aromatic carbocycles. The topological polar surface area (TPSA) is 130 Å². The standard InChI is InChI=1S/C30H41NO9Si/c1-20(33)31-24-26(40-28(35)22-15-11-8-12-16-22)25(39-27(34)21-13-9-7-10-14-21)23(38-29(24)36-18-17-32)19-37-41(5,6)30(2,3)4/h7-16,23-26,29,32H,17-19H2,1-6H3,(H,31,33). The van der Waals surface area contributed by atoms with Gasteiger partial charge in [0.05, 0.1) is 30.9 Å². The zero-order valence-electron chi connectivity index (χ0n) is 24.5. The second-order valence-corrected chi connectivity index (χ2v) is 16.2. The Morgan fingerprint density at radius 1 is 0.902 bits per heavy atom. The highest BCUT2D eigenvalue weighted by Gasteiger charge is 2.52. The zero-order valence-corrected chi connectivity index (χ0v) is 25.5. The summed E-state index contributed by atoms with van der Waals surface area (Å²) >= 11 is 0. The first-order valence-corrected chi connectivity index (χ1v) is 16.6. The maximum absolute atomic E-state index is 13.3. The number of esters is 2.